The quantitative estimate of drug-likeness (QED) is 0.748. The van der Waals surface area contributed by atoms with Crippen molar-refractivity contribution in [1.82, 2.24) is 20.6 Å². The highest BCUT2D eigenvalue weighted by atomic mass is 16.5. The lowest BCUT2D eigenvalue weighted by Crippen LogP contribution is -2.04. The molecule has 0 radical (unpaired) electrons. The van der Waals surface area contributed by atoms with Gasteiger partial charge in [0.1, 0.15) is 17.9 Å². The number of aromatic carboxylic acids is 1. The fourth-order valence-corrected chi connectivity index (χ4v) is 1.98. The van der Waals surface area contributed by atoms with Crippen LogP contribution in [0, 0.1) is 0 Å². The standard InChI is InChI=1S/C15H12N4O3/c20-15(21)12-8-11(14-16-18-19-17-14)6-7-13(12)22-9-10-4-2-1-3-5-10/h1-8H,9H2,(H,20,21)(H,16,17,18,19). The number of aromatic nitrogens is 4. The Labute approximate surface area is 125 Å². The van der Waals surface area contributed by atoms with E-state index in [0.717, 1.165) is 5.56 Å². The van der Waals surface area contributed by atoms with E-state index in [-0.39, 0.29) is 5.56 Å². The first kappa shape index (κ1) is 13.7. The number of nitrogens with one attached hydrogen (secondary N) is 1. The highest BCUT2D eigenvalue weighted by Crippen LogP contribution is 2.25. The molecule has 7 heteroatoms. The zero-order valence-corrected chi connectivity index (χ0v) is 11.4. The van der Waals surface area contributed by atoms with Crippen LogP contribution in [0.1, 0.15) is 15.9 Å². The van der Waals surface area contributed by atoms with Crippen LogP contribution in [-0.2, 0) is 6.61 Å². The molecule has 2 aromatic carbocycles. The lowest BCUT2D eigenvalue weighted by Gasteiger charge is -2.10. The Hall–Kier alpha value is -3.22. The number of rotatable bonds is 5. The summed E-state index contributed by atoms with van der Waals surface area (Å²) in [5.74, 6) is -0.450. The maximum atomic E-state index is 11.4. The Bertz CT molecular complexity index is 773. The number of benzene rings is 2. The van der Waals surface area contributed by atoms with Crippen molar-refractivity contribution >= 4 is 5.97 Å². The average Bonchev–Trinajstić information content (AvgIpc) is 3.08. The summed E-state index contributed by atoms with van der Waals surface area (Å²) in [6.45, 7) is 0.294. The molecule has 0 atom stereocenters. The molecule has 0 saturated carbocycles. The van der Waals surface area contributed by atoms with E-state index < -0.39 is 5.97 Å². The average molecular weight is 296 g/mol. The zero-order chi connectivity index (χ0) is 15.4. The first-order chi connectivity index (χ1) is 10.7. The van der Waals surface area contributed by atoms with Crippen LogP contribution in [0.25, 0.3) is 11.4 Å². The smallest absolute Gasteiger partial charge is 0.339 e. The monoisotopic (exact) mass is 296 g/mol. The lowest BCUT2D eigenvalue weighted by molar-refractivity contribution is 0.0692. The molecule has 1 heterocycles. The van der Waals surface area contributed by atoms with Crippen molar-refractivity contribution in [2.45, 2.75) is 6.61 Å². The molecule has 0 spiro atoms. The Balaban J connectivity index is 1.86. The van der Waals surface area contributed by atoms with E-state index in [9.17, 15) is 9.90 Å². The summed E-state index contributed by atoms with van der Waals surface area (Å²) in [4.78, 5) is 11.4. The zero-order valence-electron chi connectivity index (χ0n) is 11.4. The molecule has 2 N–H and O–H groups in total. The predicted molar refractivity (Wildman–Crippen MR) is 77.3 cm³/mol. The molecule has 0 saturated heterocycles. The molecule has 22 heavy (non-hydrogen) atoms. The minimum Gasteiger partial charge on any atom is -0.488 e. The van der Waals surface area contributed by atoms with Gasteiger partial charge in [-0.15, -0.1) is 10.2 Å². The SMILES string of the molecule is O=C(O)c1cc(-c2nn[nH]n2)ccc1OCc1ccccc1. The number of carbonyl (C=O) groups is 1. The number of H-pyrrole nitrogens is 1. The van der Waals surface area contributed by atoms with Crippen molar-refractivity contribution in [2.24, 2.45) is 0 Å². The summed E-state index contributed by atoms with van der Waals surface area (Å²) in [7, 11) is 0. The van der Waals surface area contributed by atoms with Gasteiger partial charge in [0.15, 0.2) is 0 Å². The van der Waals surface area contributed by atoms with Crippen LogP contribution in [0.4, 0.5) is 0 Å². The van der Waals surface area contributed by atoms with E-state index in [1.165, 1.54) is 6.07 Å². The molecule has 0 aliphatic heterocycles. The van der Waals surface area contributed by atoms with Crippen molar-refractivity contribution in [1.29, 1.82) is 0 Å². The maximum Gasteiger partial charge on any atom is 0.339 e. The summed E-state index contributed by atoms with van der Waals surface area (Å²) >= 11 is 0. The molecule has 0 unspecified atom stereocenters. The van der Waals surface area contributed by atoms with Gasteiger partial charge in [-0.1, -0.05) is 30.3 Å². The summed E-state index contributed by atoms with van der Waals surface area (Å²) in [6, 6.07) is 14.3. The van der Waals surface area contributed by atoms with Gasteiger partial charge in [-0.05, 0) is 29.0 Å². The van der Waals surface area contributed by atoms with Gasteiger partial charge in [0.2, 0.25) is 5.82 Å². The summed E-state index contributed by atoms with van der Waals surface area (Å²) in [5.41, 5.74) is 1.57. The first-order valence-electron chi connectivity index (χ1n) is 6.52. The molecule has 0 fully saturated rings. The van der Waals surface area contributed by atoms with E-state index in [1.807, 2.05) is 30.3 Å². The number of nitrogens with zero attached hydrogens (tertiary/aromatic N) is 3. The number of hydrogen-bond donors (Lipinski definition) is 2. The molecule has 110 valence electrons. The van der Waals surface area contributed by atoms with Crippen LogP contribution in [-0.4, -0.2) is 31.7 Å². The van der Waals surface area contributed by atoms with Crippen LogP contribution < -0.4 is 4.74 Å². The van der Waals surface area contributed by atoms with Gasteiger partial charge in [-0.25, -0.2) is 4.79 Å². The normalized spacial score (nSPS) is 10.4. The second-order valence-electron chi connectivity index (χ2n) is 4.53. The Kier molecular flexibility index (Phi) is 3.78. The van der Waals surface area contributed by atoms with E-state index in [2.05, 4.69) is 20.6 Å². The number of ether oxygens (including phenoxy) is 1. The van der Waals surface area contributed by atoms with Crippen molar-refractivity contribution in [3.05, 3.63) is 59.7 Å². The van der Waals surface area contributed by atoms with Crippen LogP contribution in [0.5, 0.6) is 5.75 Å². The molecular formula is C15H12N4O3. The number of tetrazole rings is 1. The Morgan fingerprint density at radius 2 is 2.00 bits per heavy atom. The van der Waals surface area contributed by atoms with E-state index >= 15 is 0 Å². The molecule has 1 aromatic heterocycles. The number of carboxylic acids is 1. The van der Waals surface area contributed by atoms with Crippen molar-refractivity contribution in [3.8, 4) is 17.1 Å². The summed E-state index contributed by atoms with van der Waals surface area (Å²) < 4.78 is 5.61. The molecule has 0 bridgehead atoms. The second-order valence-corrected chi connectivity index (χ2v) is 4.53. The van der Waals surface area contributed by atoms with E-state index in [4.69, 9.17) is 4.74 Å². The largest absolute Gasteiger partial charge is 0.488 e. The van der Waals surface area contributed by atoms with Crippen LogP contribution >= 0.6 is 0 Å². The highest BCUT2D eigenvalue weighted by Gasteiger charge is 2.15. The van der Waals surface area contributed by atoms with E-state index in [1.54, 1.807) is 12.1 Å². The third-order valence-corrected chi connectivity index (χ3v) is 3.05. The van der Waals surface area contributed by atoms with Crippen LogP contribution in [0.2, 0.25) is 0 Å². The van der Waals surface area contributed by atoms with Gasteiger partial charge in [0.05, 0.1) is 0 Å². The molecule has 3 rings (SSSR count). The third kappa shape index (κ3) is 2.93. The summed E-state index contributed by atoms with van der Waals surface area (Å²) in [5, 5.41) is 22.8. The maximum absolute atomic E-state index is 11.4. The molecule has 0 amide bonds. The number of carboxylic acid groups (broad SMARTS) is 1. The lowest BCUT2D eigenvalue weighted by atomic mass is 10.1. The Morgan fingerprint density at radius 1 is 1.18 bits per heavy atom. The fourth-order valence-electron chi connectivity index (χ4n) is 1.98. The van der Waals surface area contributed by atoms with E-state index in [0.29, 0.717) is 23.7 Å². The first-order valence-corrected chi connectivity index (χ1v) is 6.52. The Morgan fingerprint density at radius 3 is 2.68 bits per heavy atom. The second kappa shape index (κ2) is 6.04. The third-order valence-electron chi connectivity index (χ3n) is 3.05. The minimum atomic E-state index is -1.08. The minimum absolute atomic E-state index is 0.0539. The van der Waals surface area contributed by atoms with Gasteiger partial charge in [0, 0.05) is 5.56 Å². The van der Waals surface area contributed by atoms with Gasteiger partial charge < -0.3 is 9.84 Å². The predicted octanol–water partition coefficient (Wildman–Crippen LogP) is 2.14. The van der Waals surface area contributed by atoms with Gasteiger partial charge in [0.25, 0.3) is 0 Å². The highest BCUT2D eigenvalue weighted by molar-refractivity contribution is 5.92. The van der Waals surface area contributed by atoms with Crippen molar-refractivity contribution < 1.29 is 14.6 Å². The topological polar surface area (TPSA) is 101 Å². The molecule has 7 nitrogen and oxygen atoms in total. The molecular weight excluding hydrogens is 284 g/mol. The van der Waals surface area contributed by atoms with Crippen LogP contribution in [0.3, 0.4) is 0 Å². The molecule has 0 aliphatic carbocycles. The summed E-state index contributed by atoms with van der Waals surface area (Å²) in [6.07, 6.45) is 0. The van der Waals surface area contributed by atoms with Gasteiger partial charge in [-0.2, -0.15) is 5.21 Å². The number of aromatic amines is 1. The molecule has 3 aromatic rings. The fraction of sp³-hybridized carbons (Fsp3) is 0.0667. The number of hydrogen-bond acceptors (Lipinski definition) is 5. The van der Waals surface area contributed by atoms with Gasteiger partial charge in [-0.3, -0.25) is 0 Å². The van der Waals surface area contributed by atoms with Crippen molar-refractivity contribution in [3.63, 3.8) is 0 Å². The van der Waals surface area contributed by atoms with Crippen LogP contribution in [0.15, 0.2) is 48.5 Å². The van der Waals surface area contributed by atoms with Gasteiger partial charge >= 0.3 is 5.97 Å². The molecule has 0 aliphatic rings. The van der Waals surface area contributed by atoms with Crippen molar-refractivity contribution in [2.75, 3.05) is 0 Å².